The fraction of sp³-hybridized carbons (Fsp3) is 0.389. The molecule has 0 saturated carbocycles. The Bertz CT molecular complexity index is 2120. The number of rotatable bonds is 6. The molecule has 0 spiro atoms. The van der Waals surface area contributed by atoms with Crippen molar-refractivity contribution in [2.75, 3.05) is 13.1 Å². The molecule has 5 heterocycles. The number of hydrogen-bond acceptors (Lipinski definition) is 6. The second-order valence-electron chi connectivity index (χ2n) is 13.8. The molecule has 1 aliphatic rings. The van der Waals surface area contributed by atoms with Gasteiger partial charge in [0.2, 0.25) is 0 Å². The van der Waals surface area contributed by atoms with E-state index in [0.29, 0.717) is 46.6 Å². The third kappa shape index (κ3) is 5.86. The maximum absolute atomic E-state index is 13.8. The van der Waals surface area contributed by atoms with Crippen molar-refractivity contribution in [2.24, 2.45) is 7.05 Å². The molecular weight excluding hydrogens is 596 g/mol. The number of nitrogens with one attached hydrogen (secondary N) is 1. The number of H-pyrrole nitrogens is 1. The number of ether oxygens (including phenoxy) is 2. The van der Waals surface area contributed by atoms with Crippen molar-refractivity contribution in [2.45, 2.75) is 73.1 Å². The third-order valence-corrected chi connectivity index (χ3v) is 8.65. The van der Waals surface area contributed by atoms with Gasteiger partial charge in [0, 0.05) is 66.2 Å². The average molecular weight is 639 g/mol. The number of aromatic nitrogens is 5. The van der Waals surface area contributed by atoms with E-state index in [4.69, 9.17) is 9.47 Å². The van der Waals surface area contributed by atoms with E-state index in [1.54, 1.807) is 41.2 Å². The van der Waals surface area contributed by atoms with E-state index in [0.717, 1.165) is 28.1 Å². The largest absolute Gasteiger partial charge is 0.455 e. The molecule has 1 fully saturated rings. The van der Waals surface area contributed by atoms with Crippen LogP contribution in [0.3, 0.4) is 0 Å². The quantitative estimate of drug-likeness (QED) is 0.223. The van der Waals surface area contributed by atoms with Crippen LogP contribution in [0.4, 0.5) is 4.79 Å². The van der Waals surface area contributed by atoms with E-state index in [1.807, 2.05) is 70.5 Å². The lowest BCUT2D eigenvalue weighted by atomic mass is 10.0. The zero-order chi connectivity index (χ0) is 33.9. The predicted molar refractivity (Wildman–Crippen MR) is 182 cm³/mol. The number of carbonyl (C=O) groups is 1. The predicted octanol–water partition coefficient (Wildman–Crippen LogP) is 6.65. The van der Waals surface area contributed by atoms with Crippen LogP contribution in [0.2, 0.25) is 0 Å². The van der Waals surface area contributed by atoms with Crippen molar-refractivity contribution in [3.63, 3.8) is 0 Å². The van der Waals surface area contributed by atoms with Gasteiger partial charge in [-0.2, -0.15) is 5.10 Å². The molecule has 0 unspecified atom stereocenters. The topological polar surface area (TPSA) is 116 Å². The van der Waals surface area contributed by atoms with E-state index in [-0.39, 0.29) is 23.2 Å². The molecule has 4 aromatic heterocycles. The summed E-state index contributed by atoms with van der Waals surface area (Å²) in [6.45, 7) is 16.3. The molecule has 0 atom stereocenters. The molecule has 0 aliphatic carbocycles. The minimum absolute atomic E-state index is 0.180. The Morgan fingerprint density at radius 1 is 1.00 bits per heavy atom. The standard InChI is InChI=1S/C36H42N6O5/c1-20(2)42-23(5)27(15-37-42)29-13-26-28(18-39(9)34(44)32(26)38-29)25-14-31(43)41(24-16-40(17-24)35(45)47-36(6,7)8)19-30(25)46-33-21(3)11-10-12-22(33)4/h10-15,18-20,24,38H,16-17H2,1-9H3. The summed E-state index contributed by atoms with van der Waals surface area (Å²) < 4.78 is 17.3. The first kappa shape index (κ1) is 31.9. The van der Waals surface area contributed by atoms with E-state index in [2.05, 4.69) is 23.9 Å². The lowest BCUT2D eigenvalue weighted by Crippen LogP contribution is -2.53. The van der Waals surface area contributed by atoms with Gasteiger partial charge in [0.1, 0.15) is 16.9 Å². The van der Waals surface area contributed by atoms with E-state index < -0.39 is 11.7 Å². The number of fused-ring (bicyclic) bond motifs is 1. The fourth-order valence-electron chi connectivity index (χ4n) is 6.18. The number of carbonyl (C=O) groups excluding carboxylic acids is 1. The van der Waals surface area contributed by atoms with Gasteiger partial charge in [-0.05, 0) is 72.6 Å². The van der Waals surface area contributed by atoms with Crippen LogP contribution in [-0.2, 0) is 11.8 Å². The summed E-state index contributed by atoms with van der Waals surface area (Å²) in [5.41, 5.74) is 5.13. The van der Waals surface area contributed by atoms with Crippen molar-refractivity contribution in [1.29, 1.82) is 0 Å². The molecular formula is C36H42N6O5. The van der Waals surface area contributed by atoms with Gasteiger partial charge in [-0.15, -0.1) is 0 Å². The molecule has 1 N–H and O–H groups in total. The van der Waals surface area contributed by atoms with E-state index in [1.165, 1.54) is 4.57 Å². The number of aromatic amines is 1. The molecule has 47 heavy (non-hydrogen) atoms. The van der Waals surface area contributed by atoms with Crippen LogP contribution in [0.5, 0.6) is 11.5 Å². The number of aryl methyl sites for hydroxylation is 3. The number of amides is 1. The molecule has 0 bridgehead atoms. The minimum Gasteiger partial charge on any atom is -0.455 e. The highest BCUT2D eigenvalue weighted by Gasteiger charge is 2.36. The number of hydrogen-bond donors (Lipinski definition) is 1. The highest BCUT2D eigenvalue weighted by Crippen LogP contribution is 2.40. The normalized spacial score (nSPS) is 13.8. The smallest absolute Gasteiger partial charge is 0.410 e. The summed E-state index contributed by atoms with van der Waals surface area (Å²) >= 11 is 0. The van der Waals surface area contributed by atoms with Crippen molar-refractivity contribution >= 4 is 17.0 Å². The highest BCUT2D eigenvalue weighted by molar-refractivity contribution is 5.98. The summed E-state index contributed by atoms with van der Waals surface area (Å²) in [6.07, 6.45) is 4.87. The maximum Gasteiger partial charge on any atom is 0.410 e. The molecule has 11 heteroatoms. The Hall–Kier alpha value is -5.06. The SMILES string of the molecule is Cc1cccc(C)c1Oc1cn(C2CN(C(=O)OC(C)(C)C)C2)c(=O)cc1-c1cn(C)c(=O)c2[nH]c(-c3cnn(C(C)C)c3C)cc12. The zero-order valence-electron chi connectivity index (χ0n) is 28.5. The lowest BCUT2D eigenvalue weighted by molar-refractivity contribution is 0.000620. The Balaban J connectivity index is 1.49. The van der Waals surface area contributed by atoms with Crippen LogP contribution < -0.4 is 15.9 Å². The Morgan fingerprint density at radius 2 is 1.68 bits per heavy atom. The van der Waals surface area contributed by atoms with Crippen molar-refractivity contribution in [3.8, 4) is 33.9 Å². The average Bonchev–Trinajstić information content (AvgIpc) is 3.56. The molecule has 1 amide bonds. The first-order chi connectivity index (χ1) is 22.1. The second-order valence-corrected chi connectivity index (χ2v) is 13.8. The fourth-order valence-corrected chi connectivity index (χ4v) is 6.18. The van der Waals surface area contributed by atoms with Crippen molar-refractivity contribution < 1.29 is 14.3 Å². The van der Waals surface area contributed by atoms with Gasteiger partial charge in [0.25, 0.3) is 11.1 Å². The second kappa shape index (κ2) is 11.6. The molecule has 0 radical (unpaired) electrons. The van der Waals surface area contributed by atoms with Crippen LogP contribution in [-0.4, -0.2) is 53.6 Å². The van der Waals surface area contributed by atoms with Crippen LogP contribution in [0.15, 0.2) is 58.5 Å². The number of para-hydroxylation sites is 1. The zero-order valence-corrected chi connectivity index (χ0v) is 28.5. The van der Waals surface area contributed by atoms with Crippen molar-refractivity contribution in [3.05, 3.63) is 86.5 Å². The number of nitrogens with zero attached hydrogens (tertiary/aromatic N) is 5. The number of pyridine rings is 2. The summed E-state index contributed by atoms with van der Waals surface area (Å²) in [4.78, 5) is 44.8. The van der Waals surface area contributed by atoms with Crippen LogP contribution in [0.25, 0.3) is 33.3 Å². The number of benzene rings is 1. The monoisotopic (exact) mass is 638 g/mol. The Kier molecular flexibility index (Phi) is 7.89. The molecule has 246 valence electrons. The molecule has 1 saturated heterocycles. The van der Waals surface area contributed by atoms with Crippen LogP contribution in [0, 0.1) is 20.8 Å². The van der Waals surface area contributed by atoms with Gasteiger partial charge in [0.05, 0.1) is 24.1 Å². The third-order valence-electron chi connectivity index (χ3n) is 8.65. The molecule has 11 nitrogen and oxygen atoms in total. The summed E-state index contributed by atoms with van der Waals surface area (Å²) in [5.74, 6) is 1.15. The highest BCUT2D eigenvalue weighted by atomic mass is 16.6. The lowest BCUT2D eigenvalue weighted by Gasteiger charge is -2.40. The summed E-state index contributed by atoms with van der Waals surface area (Å²) in [5, 5.41) is 5.23. The van der Waals surface area contributed by atoms with Gasteiger partial charge >= 0.3 is 6.09 Å². The molecule has 6 rings (SSSR count). The van der Waals surface area contributed by atoms with E-state index >= 15 is 0 Å². The molecule has 1 aromatic carbocycles. The minimum atomic E-state index is -0.611. The van der Waals surface area contributed by atoms with Gasteiger partial charge in [-0.25, -0.2) is 4.79 Å². The van der Waals surface area contributed by atoms with E-state index in [9.17, 15) is 14.4 Å². The molecule has 5 aromatic rings. The summed E-state index contributed by atoms with van der Waals surface area (Å²) in [7, 11) is 1.70. The first-order valence-corrected chi connectivity index (χ1v) is 15.9. The maximum atomic E-state index is 13.8. The van der Waals surface area contributed by atoms with Gasteiger partial charge in [0.15, 0.2) is 5.75 Å². The van der Waals surface area contributed by atoms with Crippen LogP contribution in [0.1, 0.15) is 63.5 Å². The first-order valence-electron chi connectivity index (χ1n) is 15.9. The van der Waals surface area contributed by atoms with Gasteiger partial charge < -0.3 is 28.5 Å². The Morgan fingerprint density at radius 3 is 2.30 bits per heavy atom. The van der Waals surface area contributed by atoms with Gasteiger partial charge in [-0.3, -0.25) is 14.3 Å². The summed E-state index contributed by atoms with van der Waals surface area (Å²) in [6, 6.07) is 9.37. The Labute approximate surface area is 273 Å². The molecule has 1 aliphatic heterocycles. The van der Waals surface area contributed by atoms with Crippen LogP contribution >= 0.6 is 0 Å². The van der Waals surface area contributed by atoms with Crippen molar-refractivity contribution in [1.82, 2.24) is 28.8 Å². The van der Waals surface area contributed by atoms with Gasteiger partial charge in [-0.1, -0.05) is 18.2 Å². The number of likely N-dealkylation sites (tertiary alicyclic amines) is 1.